The highest BCUT2D eigenvalue weighted by atomic mass is 127. The summed E-state index contributed by atoms with van der Waals surface area (Å²) in [5.74, 6) is -3.06. The molecule has 268 valence electrons. The maximum Gasteiger partial charge on any atom is 0.338 e. The first-order valence-electron chi connectivity index (χ1n) is 16.3. The molecule has 0 bridgehead atoms. The Bertz CT molecular complexity index is 2330. The van der Waals surface area contributed by atoms with E-state index in [-0.39, 0.29) is 43.7 Å². The normalized spacial score (nSPS) is 19.0. The van der Waals surface area contributed by atoms with E-state index in [9.17, 15) is 24.7 Å². The van der Waals surface area contributed by atoms with E-state index in [2.05, 4.69) is 25.0 Å². The van der Waals surface area contributed by atoms with Gasteiger partial charge in [0.25, 0.3) is 11.8 Å². The second-order valence-electron chi connectivity index (χ2n) is 11.8. The smallest absolute Gasteiger partial charge is 0.338 e. The molecule has 0 unspecified atom stereocenters. The van der Waals surface area contributed by atoms with Crippen molar-refractivity contribution >= 4 is 63.3 Å². The molecule has 0 N–H and O–H groups in total. The fraction of sp³-hybridized carbons (Fsp3) is 0.132. The number of imide groups is 1. The predicted molar refractivity (Wildman–Crippen MR) is 202 cm³/mol. The Morgan fingerprint density at radius 3 is 1.76 bits per heavy atom. The number of carbonyl (C=O) groups excluding carboxylic acids is 4. The second kappa shape index (κ2) is 15.6. The van der Waals surface area contributed by atoms with Gasteiger partial charge in [0.2, 0.25) is 0 Å². The molecule has 15 nitrogen and oxygen atoms in total. The molecule has 0 aliphatic carbocycles. The Morgan fingerprint density at radius 1 is 0.759 bits per heavy atom. The number of imidazole rings is 1. The van der Waals surface area contributed by atoms with Crippen LogP contribution in [0.4, 0.5) is 5.82 Å². The van der Waals surface area contributed by atoms with Crippen molar-refractivity contribution in [3.8, 4) is 0 Å². The lowest BCUT2D eigenvalue weighted by atomic mass is 10.1. The van der Waals surface area contributed by atoms with Gasteiger partial charge in [-0.05, 0) is 54.1 Å². The van der Waals surface area contributed by atoms with Gasteiger partial charge in [0.15, 0.2) is 41.1 Å². The lowest BCUT2D eigenvalue weighted by Gasteiger charge is -2.28. The summed E-state index contributed by atoms with van der Waals surface area (Å²) >= 11 is 1.93. The van der Waals surface area contributed by atoms with E-state index in [0.29, 0.717) is 0 Å². The van der Waals surface area contributed by atoms with Gasteiger partial charge in [-0.3, -0.25) is 14.2 Å². The number of alkyl halides is 1. The third-order valence-corrected chi connectivity index (χ3v) is 9.62. The zero-order valence-corrected chi connectivity index (χ0v) is 30.1. The number of fused-ring (bicyclic) bond motifs is 1. The minimum absolute atomic E-state index is 0.0105. The molecule has 1 fully saturated rings. The lowest BCUT2D eigenvalue weighted by Crippen LogP contribution is -2.47. The van der Waals surface area contributed by atoms with E-state index < -0.39 is 47.9 Å². The van der Waals surface area contributed by atoms with Gasteiger partial charge in [-0.25, -0.2) is 29.4 Å². The number of benzene rings is 4. The minimum Gasteiger partial charge on any atom is -0.451 e. The highest BCUT2D eigenvalue weighted by Gasteiger charge is 2.60. The molecule has 0 saturated carbocycles. The first-order chi connectivity index (χ1) is 26.3. The number of rotatable bonds is 10. The van der Waals surface area contributed by atoms with Crippen LogP contribution in [0.1, 0.15) is 47.7 Å². The molecule has 7 rings (SSSR count). The summed E-state index contributed by atoms with van der Waals surface area (Å²) in [4.78, 5) is 72.5. The van der Waals surface area contributed by atoms with Crippen molar-refractivity contribution in [1.29, 1.82) is 0 Å². The largest absolute Gasteiger partial charge is 0.451 e. The molecule has 54 heavy (non-hydrogen) atoms. The van der Waals surface area contributed by atoms with Gasteiger partial charge in [0.1, 0.15) is 6.33 Å². The van der Waals surface area contributed by atoms with Crippen LogP contribution in [0.5, 0.6) is 0 Å². The summed E-state index contributed by atoms with van der Waals surface area (Å²) in [7, 11) is 0. The summed E-state index contributed by atoms with van der Waals surface area (Å²) in [5.41, 5.74) is 8.71. The van der Waals surface area contributed by atoms with Gasteiger partial charge < -0.3 is 14.2 Å². The molecule has 16 heteroatoms. The Morgan fingerprint density at radius 2 is 1.26 bits per heavy atom. The summed E-state index contributed by atoms with van der Waals surface area (Å²) < 4.78 is 19.9. The average Bonchev–Trinajstić information content (AvgIpc) is 3.78. The highest BCUT2D eigenvalue weighted by molar-refractivity contribution is 14.1. The van der Waals surface area contributed by atoms with Gasteiger partial charge in [0, 0.05) is 20.5 Å². The Kier molecular flexibility index (Phi) is 10.4. The van der Waals surface area contributed by atoms with Crippen molar-refractivity contribution in [2.24, 2.45) is 5.11 Å². The molecule has 2 aromatic heterocycles. The van der Waals surface area contributed by atoms with Crippen molar-refractivity contribution in [3.05, 3.63) is 167 Å². The number of hydrogen-bond acceptors (Lipinski definition) is 11. The predicted octanol–water partition coefficient (Wildman–Crippen LogP) is 6.74. The van der Waals surface area contributed by atoms with Gasteiger partial charge in [0.05, 0.1) is 17.5 Å². The van der Waals surface area contributed by atoms with Crippen LogP contribution in [0.3, 0.4) is 0 Å². The van der Waals surface area contributed by atoms with Crippen molar-refractivity contribution in [3.63, 3.8) is 0 Å². The topological polar surface area (TPSA) is 192 Å². The molecule has 2 amide bonds. The number of azide groups is 1. The molecule has 4 atom stereocenters. The van der Waals surface area contributed by atoms with Gasteiger partial charge in [-0.2, -0.15) is 0 Å². The number of hydrogen-bond donors (Lipinski definition) is 0. The molecule has 1 saturated heterocycles. The van der Waals surface area contributed by atoms with Crippen molar-refractivity contribution in [2.75, 3.05) is 9.33 Å². The maximum absolute atomic E-state index is 14.1. The fourth-order valence-corrected chi connectivity index (χ4v) is 6.72. The van der Waals surface area contributed by atoms with Crippen LogP contribution in [0, 0.1) is 0 Å². The van der Waals surface area contributed by atoms with E-state index in [1.807, 2.05) is 22.6 Å². The SMILES string of the molecule is [N-]=[N+]=N[C@]1(CI)O[C@@H](n2cnc3c(N(C(=O)c4ccccc4)C(=O)c4ccccc4)ncnc32)[C@H](OC(=O)c2ccccc2)[C@@H]1OC(=O)c1ccccc1. The number of ether oxygens (including phenoxy) is 3. The second-order valence-corrected chi connectivity index (χ2v) is 12.6. The third-order valence-electron chi connectivity index (χ3n) is 8.52. The molecular weight excluding hydrogens is 807 g/mol. The molecule has 1 aliphatic rings. The van der Waals surface area contributed by atoms with Crippen molar-refractivity contribution in [2.45, 2.75) is 24.2 Å². The molecule has 6 aromatic rings. The number of halogens is 1. The molecular formula is C38H27IN8O7. The van der Waals surface area contributed by atoms with Crippen LogP contribution < -0.4 is 4.90 Å². The van der Waals surface area contributed by atoms with E-state index in [1.165, 1.54) is 10.9 Å². The Balaban J connectivity index is 1.36. The summed E-state index contributed by atoms with van der Waals surface area (Å²) in [6.45, 7) is 0. The van der Waals surface area contributed by atoms with Crippen LogP contribution in [-0.2, 0) is 14.2 Å². The first-order valence-corrected chi connectivity index (χ1v) is 17.9. The highest BCUT2D eigenvalue weighted by Crippen LogP contribution is 2.45. The fourth-order valence-electron chi connectivity index (χ4n) is 5.95. The summed E-state index contributed by atoms with van der Waals surface area (Å²) in [6.07, 6.45) is -1.86. The molecule has 4 aromatic carbocycles. The Hall–Kier alpha value is -6.49. The van der Waals surface area contributed by atoms with Crippen molar-refractivity contribution < 1.29 is 33.4 Å². The maximum atomic E-state index is 14.1. The number of esters is 2. The van der Waals surface area contributed by atoms with Crippen LogP contribution in [-0.4, -0.2) is 65.6 Å². The first kappa shape index (κ1) is 35.9. The van der Waals surface area contributed by atoms with Gasteiger partial charge in [-0.1, -0.05) is 101 Å². The average molecular weight is 835 g/mol. The molecule has 1 aliphatic heterocycles. The van der Waals surface area contributed by atoms with E-state index >= 15 is 0 Å². The zero-order valence-electron chi connectivity index (χ0n) is 28.0. The van der Waals surface area contributed by atoms with Crippen LogP contribution in [0.2, 0.25) is 0 Å². The number of amides is 2. The Labute approximate surface area is 320 Å². The van der Waals surface area contributed by atoms with E-state index in [1.54, 1.807) is 121 Å². The molecule has 3 heterocycles. The zero-order chi connectivity index (χ0) is 37.7. The summed E-state index contributed by atoms with van der Waals surface area (Å²) in [5, 5.41) is 3.95. The third kappa shape index (κ3) is 6.88. The van der Waals surface area contributed by atoms with Gasteiger partial charge >= 0.3 is 11.9 Å². The number of nitrogens with zero attached hydrogens (tertiary/aromatic N) is 8. The van der Waals surface area contributed by atoms with Crippen LogP contribution in [0.25, 0.3) is 21.6 Å². The van der Waals surface area contributed by atoms with E-state index in [0.717, 1.165) is 11.2 Å². The number of anilines is 1. The van der Waals surface area contributed by atoms with Crippen LogP contribution >= 0.6 is 22.6 Å². The lowest BCUT2D eigenvalue weighted by molar-refractivity contribution is -0.0860. The monoisotopic (exact) mass is 834 g/mol. The quantitative estimate of drug-likeness (QED) is 0.0272. The minimum atomic E-state index is -1.89. The molecule has 0 spiro atoms. The van der Waals surface area contributed by atoms with Crippen LogP contribution in [0.15, 0.2) is 139 Å². The standard InChI is InChI=1S/C38H27IN8O7/c39-21-38(44-45-40)30(53-37(51)27-19-11-4-12-20-27)29(52-36(50)26-17-9-3-10-18-26)35(54-38)46-23-43-28-31(46)41-22-42-32(28)47(33(48)24-13-5-1-6-14-24)34(49)25-15-7-2-8-16-25/h1-20,22-23,29-30,35H,21H2/t29-,30+,35-,38-/m1/s1. The van der Waals surface area contributed by atoms with Crippen molar-refractivity contribution in [1.82, 2.24) is 19.5 Å². The molecule has 0 radical (unpaired) electrons. The number of aromatic nitrogens is 4. The van der Waals surface area contributed by atoms with Gasteiger partial charge in [-0.15, -0.1) is 0 Å². The van der Waals surface area contributed by atoms with E-state index in [4.69, 9.17) is 14.2 Å². The summed E-state index contributed by atoms with van der Waals surface area (Å²) in [6, 6.07) is 32.7. The number of carbonyl (C=O) groups is 4.